The Bertz CT molecular complexity index is 783. The number of hydrogen-bond acceptors (Lipinski definition) is 4. The van der Waals surface area contributed by atoms with Crippen molar-refractivity contribution >= 4 is 11.5 Å². The molecule has 1 aromatic carbocycles. The van der Waals surface area contributed by atoms with Crippen molar-refractivity contribution in [3.8, 4) is 0 Å². The van der Waals surface area contributed by atoms with Gasteiger partial charge in [0.15, 0.2) is 5.78 Å². The maximum absolute atomic E-state index is 12.7. The van der Waals surface area contributed by atoms with E-state index >= 15 is 0 Å². The van der Waals surface area contributed by atoms with E-state index in [2.05, 4.69) is 25.9 Å². The minimum absolute atomic E-state index is 0.0174. The lowest BCUT2D eigenvalue weighted by Crippen LogP contribution is -2.19. The molecular weight excluding hydrogens is 306 g/mol. The summed E-state index contributed by atoms with van der Waals surface area (Å²) in [7, 11) is 0. The number of Topliss-reactive ketones (excluding diaryl/α,β-unsaturated/α-hetero) is 1. The fourth-order valence-corrected chi connectivity index (χ4v) is 2.78. The molecule has 2 aromatic rings. The van der Waals surface area contributed by atoms with Crippen molar-refractivity contribution < 1.29 is 9.72 Å². The van der Waals surface area contributed by atoms with Crippen LogP contribution in [0.1, 0.15) is 61.0 Å². The molecule has 0 aliphatic rings. The molecule has 0 aliphatic carbocycles. The van der Waals surface area contributed by atoms with Crippen molar-refractivity contribution in [2.75, 3.05) is 0 Å². The summed E-state index contributed by atoms with van der Waals surface area (Å²) in [5, 5.41) is 15.3. The molecule has 1 heterocycles. The Labute approximate surface area is 141 Å². The predicted molar refractivity (Wildman–Crippen MR) is 92.5 cm³/mol. The molecule has 6 nitrogen and oxygen atoms in total. The van der Waals surface area contributed by atoms with Gasteiger partial charge >= 0.3 is 5.69 Å². The van der Waals surface area contributed by atoms with Crippen molar-refractivity contribution in [3.05, 3.63) is 56.9 Å². The summed E-state index contributed by atoms with van der Waals surface area (Å²) in [5.74, 6) is -0.115. The molecule has 1 atom stereocenters. The van der Waals surface area contributed by atoms with Gasteiger partial charge in [-0.05, 0) is 31.7 Å². The average molecular weight is 329 g/mol. The van der Waals surface area contributed by atoms with Crippen molar-refractivity contribution in [1.29, 1.82) is 0 Å². The third-order valence-electron chi connectivity index (χ3n) is 4.25. The molecule has 0 aliphatic heterocycles. The van der Waals surface area contributed by atoms with Gasteiger partial charge in [0.2, 0.25) is 0 Å². The van der Waals surface area contributed by atoms with Crippen LogP contribution in [-0.2, 0) is 5.41 Å². The first kappa shape index (κ1) is 17.8. The van der Waals surface area contributed by atoms with Gasteiger partial charge in [0.05, 0.1) is 4.92 Å². The van der Waals surface area contributed by atoms with Crippen LogP contribution in [0.5, 0.6) is 0 Å². The molecule has 1 aromatic heterocycles. The first-order valence-electron chi connectivity index (χ1n) is 7.89. The number of hydrogen-bond donors (Lipinski definition) is 0. The highest BCUT2D eigenvalue weighted by atomic mass is 16.6. The molecule has 0 amide bonds. The second kappa shape index (κ2) is 6.19. The molecule has 0 spiro atoms. The second-order valence-electron chi connectivity index (χ2n) is 7.09. The number of nitro groups is 1. The maximum Gasteiger partial charge on any atom is 0.312 e. The summed E-state index contributed by atoms with van der Waals surface area (Å²) in [6.07, 6.45) is 0. The van der Waals surface area contributed by atoms with Crippen LogP contribution < -0.4 is 0 Å². The zero-order valence-corrected chi connectivity index (χ0v) is 15.0. The number of carbonyl (C=O) groups excluding carboxylic acids is 1. The van der Waals surface area contributed by atoms with Crippen LogP contribution in [0.3, 0.4) is 0 Å². The zero-order valence-electron chi connectivity index (χ0n) is 15.0. The molecular formula is C18H23N3O3. The zero-order chi connectivity index (χ0) is 18.2. The lowest BCUT2D eigenvalue weighted by molar-refractivity contribution is -0.386. The van der Waals surface area contributed by atoms with Crippen molar-refractivity contribution in [3.63, 3.8) is 0 Å². The number of ketones is 1. The van der Waals surface area contributed by atoms with Gasteiger partial charge in [-0.25, -0.2) is 0 Å². The van der Waals surface area contributed by atoms with Crippen LogP contribution in [-0.4, -0.2) is 20.5 Å². The Hall–Kier alpha value is -2.50. The van der Waals surface area contributed by atoms with Gasteiger partial charge in [0.25, 0.3) is 0 Å². The number of aryl methyl sites for hydroxylation is 1. The molecule has 2 rings (SSSR count). The smallest absolute Gasteiger partial charge is 0.292 e. The average Bonchev–Trinajstić information content (AvgIpc) is 2.80. The third-order valence-corrected chi connectivity index (χ3v) is 4.25. The number of carbonyl (C=O) groups is 1. The Morgan fingerprint density at radius 2 is 1.75 bits per heavy atom. The van der Waals surface area contributed by atoms with E-state index in [9.17, 15) is 14.9 Å². The highest BCUT2D eigenvalue weighted by Gasteiger charge is 2.27. The SMILES string of the molecule is Cc1nn([C@H](C)C(=O)c2ccc(C(C)(C)C)cc2)c(C)c1[N+](=O)[O-]. The Kier molecular flexibility index (Phi) is 4.60. The number of rotatable bonds is 4. The van der Waals surface area contributed by atoms with Gasteiger partial charge in [-0.15, -0.1) is 0 Å². The lowest BCUT2D eigenvalue weighted by atomic mass is 9.86. The summed E-state index contributed by atoms with van der Waals surface area (Å²) in [5.41, 5.74) is 2.42. The molecule has 0 saturated heterocycles. The summed E-state index contributed by atoms with van der Waals surface area (Å²) in [6.45, 7) is 11.2. The van der Waals surface area contributed by atoms with E-state index < -0.39 is 11.0 Å². The highest BCUT2D eigenvalue weighted by molar-refractivity contribution is 5.98. The standard InChI is InChI=1S/C18H23N3O3/c1-11-16(21(23)24)12(2)20(19-11)13(3)17(22)14-7-9-15(10-8-14)18(4,5)6/h7-10,13H,1-6H3/t13-/m1/s1. The Morgan fingerprint density at radius 3 is 2.17 bits per heavy atom. The van der Waals surface area contributed by atoms with Crippen LogP contribution in [0.4, 0.5) is 5.69 Å². The highest BCUT2D eigenvalue weighted by Crippen LogP contribution is 2.27. The first-order chi connectivity index (χ1) is 11.0. The minimum atomic E-state index is -0.599. The van der Waals surface area contributed by atoms with Crippen LogP contribution in [0, 0.1) is 24.0 Å². The largest absolute Gasteiger partial charge is 0.312 e. The molecule has 0 bridgehead atoms. The van der Waals surface area contributed by atoms with Crippen molar-refractivity contribution in [1.82, 2.24) is 9.78 Å². The topological polar surface area (TPSA) is 78.0 Å². The Morgan fingerprint density at radius 1 is 1.21 bits per heavy atom. The van der Waals surface area contributed by atoms with Crippen molar-refractivity contribution in [2.24, 2.45) is 0 Å². The van der Waals surface area contributed by atoms with E-state index in [4.69, 9.17) is 0 Å². The van der Waals surface area contributed by atoms with Crippen LogP contribution in [0.15, 0.2) is 24.3 Å². The van der Waals surface area contributed by atoms with Gasteiger partial charge < -0.3 is 0 Å². The van der Waals surface area contributed by atoms with Gasteiger partial charge in [-0.3, -0.25) is 19.6 Å². The lowest BCUT2D eigenvalue weighted by Gasteiger charge is -2.19. The van der Waals surface area contributed by atoms with E-state index in [-0.39, 0.29) is 16.9 Å². The van der Waals surface area contributed by atoms with E-state index in [0.717, 1.165) is 5.56 Å². The fraction of sp³-hybridized carbons (Fsp3) is 0.444. The molecule has 0 fully saturated rings. The summed E-state index contributed by atoms with van der Waals surface area (Å²) in [6, 6.07) is 6.91. The maximum atomic E-state index is 12.7. The molecule has 0 N–H and O–H groups in total. The van der Waals surface area contributed by atoms with Gasteiger partial charge in [-0.1, -0.05) is 45.0 Å². The molecule has 6 heteroatoms. The van der Waals surface area contributed by atoms with E-state index in [1.807, 2.05) is 12.1 Å². The van der Waals surface area contributed by atoms with Gasteiger partial charge in [0, 0.05) is 5.56 Å². The molecule has 0 unspecified atom stereocenters. The second-order valence-corrected chi connectivity index (χ2v) is 7.09. The van der Waals surface area contributed by atoms with Gasteiger partial charge in [0.1, 0.15) is 17.4 Å². The van der Waals surface area contributed by atoms with E-state index in [1.165, 1.54) is 4.68 Å². The quantitative estimate of drug-likeness (QED) is 0.479. The minimum Gasteiger partial charge on any atom is -0.292 e. The first-order valence-corrected chi connectivity index (χ1v) is 7.89. The van der Waals surface area contributed by atoms with E-state index in [1.54, 1.807) is 32.9 Å². The molecule has 0 radical (unpaired) electrons. The monoisotopic (exact) mass is 329 g/mol. The van der Waals surface area contributed by atoms with Crippen LogP contribution in [0.2, 0.25) is 0 Å². The summed E-state index contributed by atoms with van der Waals surface area (Å²) in [4.78, 5) is 23.4. The molecule has 0 saturated carbocycles. The Balaban J connectivity index is 2.34. The number of aromatic nitrogens is 2. The van der Waals surface area contributed by atoms with Crippen molar-refractivity contribution in [2.45, 2.75) is 53.0 Å². The summed E-state index contributed by atoms with van der Waals surface area (Å²) >= 11 is 0. The number of nitrogens with zero attached hydrogens (tertiary/aromatic N) is 3. The number of benzene rings is 1. The third kappa shape index (κ3) is 3.22. The summed E-state index contributed by atoms with van der Waals surface area (Å²) < 4.78 is 1.44. The normalized spacial score (nSPS) is 12.9. The molecule has 128 valence electrons. The fourth-order valence-electron chi connectivity index (χ4n) is 2.78. The van der Waals surface area contributed by atoms with Crippen LogP contribution in [0.25, 0.3) is 0 Å². The predicted octanol–water partition coefficient (Wildman–Crippen LogP) is 4.15. The van der Waals surface area contributed by atoms with Gasteiger partial charge in [-0.2, -0.15) is 5.10 Å². The van der Waals surface area contributed by atoms with E-state index in [0.29, 0.717) is 17.0 Å². The van der Waals surface area contributed by atoms with Crippen LogP contribution >= 0.6 is 0 Å². The molecule has 24 heavy (non-hydrogen) atoms.